The van der Waals surface area contributed by atoms with Crippen LogP contribution in [0.25, 0.3) is 98.4 Å². The van der Waals surface area contributed by atoms with Gasteiger partial charge in [-0.05, 0) is 120 Å². The first-order chi connectivity index (χ1) is 28.1. The van der Waals surface area contributed by atoms with E-state index in [1.165, 1.54) is 38.2 Å². The van der Waals surface area contributed by atoms with Crippen LogP contribution >= 0.6 is 0 Å². The van der Waals surface area contributed by atoms with Crippen molar-refractivity contribution in [2.75, 3.05) is 0 Å². The SMILES string of the molecule is [C-]#[N+]c1ccc2c(c1)c1cc(C#N)ccc1n2-c1ccc(-c2cccc(-c3ccc(-c4c5ccccc5c(-c5ccccc5)c5ccccc45)cc3)c2)cc1C#N. The molecule has 0 spiro atoms. The van der Waals surface area contributed by atoms with Crippen LogP contribution < -0.4 is 0 Å². The Bertz CT molecular complexity index is 3240. The molecule has 0 aliphatic rings. The summed E-state index contributed by atoms with van der Waals surface area (Å²) in [6, 6.07) is 67.2. The molecular weight excluding hydrogens is 693 g/mol. The lowest BCUT2D eigenvalue weighted by molar-refractivity contribution is 1.17. The van der Waals surface area contributed by atoms with Gasteiger partial charge in [-0.2, -0.15) is 10.5 Å². The van der Waals surface area contributed by atoms with Crippen molar-refractivity contribution in [2.24, 2.45) is 0 Å². The average molecular weight is 723 g/mol. The quantitative estimate of drug-likeness (QED) is 0.131. The Morgan fingerprint density at radius 3 is 1.53 bits per heavy atom. The smallest absolute Gasteiger partial charge is 0.188 e. The maximum Gasteiger partial charge on any atom is 0.188 e. The van der Waals surface area contributed by atoms with E-state index in [-0.39, 0.29) is 0 Å². The minimum atomic E-state index is 0.522. The third kappa shape index (κ3) is 5.51. The summed E-state index contributed by atoms with van der Waals surface area (Å²) in [6.45, 7) is 7.57. The fraction of sp³-hybridized carbons (Fsp3) is 0. The van der Waals surface area contributed by atoms with E-state index in [2.05, 4.69) is 155 Å². The van der Waals surface area contributed by atoms with Crippen molar-refractivity contribution < 1.29 is 0 Å². The first kappa shape index (κ1) is 33.3. The van der Waals surface area contributed by atoms with Crippen molar-refractivity contribution >= 4 is 49.0 Å². The minimum Gasteiger partial charge on any atom is -0.308 e. The number of rotatable bonds is 5. The predicted octanol–water partition coefficient (Wildman–Crippen LogP) is 14.1. The molecule has 0 saturated carbocycles. The Labute approximate surface area is 329 Å². The molecule has 4 nitrogen and oxygen atoms in total. The molecule has 1 heterocycles. The first-order valence-electron chi connectivity index (χ1n) is 18.7. The molecular formula is C53H30N4. The Kier molecular flexibility index (Phi) is 7.94. The standard InChI is InChI=1S/C53H30N4/c1-56-42-24-27-51-48(31-42)47-28-34(32-54)18-25-50(47)57(51)49-26-23-40(30-41(49)33-55)39-13-9-12-38(29-39)35-19-21-37(22-20-35)53-45-16-7-5-14-43(45)52(36-10-3-2-4-11-36)44-15-6-8-17-46(44)53/h2-31H. The number of fused-ring (bicyclic) bond motifs is 5. The fourth-order valence-electron chi connectivity index (χ4n) is 8.47. The summed E-state index contributed by atoms with van der Waals surface area (Å²) in [5.41, 5.74) is 13.1. The van der Waals surface area contributed by atoms with Gasteiger partial charge in [0.2, 0.25) is 0 Å². The summed E-state index contributed by atoms with van der Waals surface area (Å²) in [6.07, 6.45) is 0. The van der Waals surface area contributed by atoms with Crippen molar-refractivity contribution in [1.29, 1.82) is 10.5 Å². The first-order valence-corrected chi connectivity index (χ1v) is 18.7. The van der Waals surface area contributed by atoms with Crippen molar-refractivity contribution in [2.45, 2.75) is 0 Å². The molecule has 262 valence electrons. The Morgan fingerprint density at radius 2 is 0.912 bits per heavy atom. The van der Waals surface area contributed by atoms with E-state index in [4.69, 9.17) is 6.57 Å². The van der Waals surface area contributed by atoms with Gasteiger partial charge in [0.15, 0.2) is 5.69 Å². The van der Waals surface area contributed by atoms with E-state index in [1.54, 1.807) is 12.1 Å². The normalized spacial score (nSPS) is 11.1. The maximum atomic E-state index is 10.5. The molecule has 0 atom stereocenters. The highest BCUT2D eigenvalue weighted by Gasteiger charge is 2.18. The van der Waals surface area contributed by atoms with Crippen molar-refractivity contribution in [3.63, 3.8) is 0 Å². The molecule has 4 heteroatoms. The van der Waals surface area contributed by atoms with Gasteiger partial charge < -0.3 is 4.57 Å². The van der Waals surface area contributed by atoms with Crippen molar-refractivity contribution in [3.8, 4) is 62.3 Å². The maximum absolute atomic E-state index is 10.5. The van der Waals surface area contributed by atoms with Crippen molar-refractivity contribution in [3.05, 3.63) is 205 Å². The second kappa shape index (κ2) is 13.6. The Morgan fingerprint density at radius 1 is 0.404 bits per heavy atom. The van der Waals surface area contributed by atoms with E-state index < -0.39 is 0 Å². The van der Waals surface area contributed by atoms with Crippen LogP contribution in [-0.4, -0.2) is 4.57 Å². The molecule has 0 N–H and O–H groups in total. The molecule has 0 aliphatic carbocycles. The van der Waals surface area contributed by atoms with Gasteiger partial charge in [-0.15, -0.1) is 0 Å². The molecule has 0 aliphatic heterocycles. The number of hydrogen-bond donors (Lipinski definition) is 0. The van der Waals surface area contributed by atoms with Gasteiger partial charge in [-0.1, -0.05) is 133 Å². The number of aromatic nitrogens is 1. The van der Waals surface area contributed by atoms with Crippen LogP contribution in [0.15, 0.2) is 182 Å². The van der Waals surface area contributed by atoms with Gasteiger partial charge in [0, 0.05) is 5.39 Å². The van der Waals surface area contributed by atoms with Crippen molar-refractivity contribution in [1.82, 2.24) is 4.57 Å². The lowest BCUT2D eigenvalue weighted by Gasteiger charge is -2.18. The zero-order valence-electron chi connectivity index (χ0n) is 30.6. The van der Waals surface area contributed by atoms with Gasteiger partial charge in [0.25, 0.3) is 0 Å². The highest BCUT2D eigenvalue weighted by atomic mass is 15.0. The lowest BCUT2D eigenvalue weighted by Crippen LogP contribution is -1.98. The molecule has 0 amide bonds. The van der Waals surface area contributed by atoms with Crippen LogP contribution in [0.2, 0.25) is 0 Å². The number of nitrogens with zero attached hydrogens (tertiary/aromatic N) is 4. The summed E-state index contributed by atoms with van der Waals surface area (Å²) in [5, 5.41) is 26.8. The third-order valence-electron chi connectivity index (χ3n) is 11.1. The predicted molar refractivity (Wildman–Crippen MR) is 233 cm³/mol. The van der Waals surface area contributed by atoms with Gasteiger partial charge in [-0.25, -0.2) is 4.85 Å². The molecule has 0 unspecified atom stereocenters. The van der Waals surface area contributed by atoms with Gasteiger partial charge in [0.05, 0.1) is 40.5 Å². The van der Waals surface area contributed by atoms with Crippen LogP contribution in [0.4, 0.5) is 5.69 Å². The molecule has 0 saturated heterocycles. The molecule has 57 heavy (non-hydrogen) atoms. The van der Waals surface area contributed by atoms with E-state index >= 15 is 0 Å². The summed E-state index contributed by atoms with van der Waals surface area (Å²) in [4.78, 5) is 3.64. The lowest BCUT2D eigenvalue weighted by atomic mass is 9.85. The highest BCUT2D eigenvalue weighted by molar-refractivity contribution is 6.21. The second-order valence-electron chi connectivity index (χ2n) is 14.2. The van der Waals surface area contributed by atoms with E-state index in [1.807, 2.05) is 36.4 Å². The fourth-order valence-corrected chi connectivity index (χ4v) is 8.47. The third-order valence-corrected chi connectivity index (χ3v) is 11.1. The largest absolute Gasteiger partial charge is 0.308 e. The van der Waals surface area contributed by atoms with Crippen LogP contribution in [-0.2, 0) is 0 Å². The van der Waals surface area contributed by atoms with Crippen LogP contribution in [0.5, 0.6) is 0 Å². The summed E-state index contributed by atoms with van der Waals surface area (Å²) < 4.78 is 2.06. The molecule has 0 fully saturated rings. The van der Waals surface area contributed by atoms with Crippen LogP contribution in [0.3, 0.4) is 0 Å². The monoisotopic (exact) mass is 722 g/mol. The van der Waals surface area contributed by atoms with Gasteiger partial charge in [-0.3, -0.25) is 0 Å². The molecule has 0 radical (unpaired) electrons. The number of nitriles is 2. The van der Waals surface area contributed by atoms with Crippen LogP contribution in [0, 0.1) is 29.2 Å². The Balaban J connectivity index is 1.04. The minimum absolute atomic E-state index is 0.522. The summed E-state index contributed by atoms with van der Waals surface area (Å²) in [5.74, 6) is 0. The summed E-state index contributed by atoms with van der Waals surface area (Å²) >= 11 is 0. The van der Waals surface area contributed by atoms with Gasteiger partial charge >= 0.3 is 0 Å². The zero-order chi connectivity index (χ0) is 38.5. The van der Waals surface area contributed by atoms with Crippen LogP contribution in [0.1, 0.15) is 11.1 Å². The highest BCUT2D eigenvalue weighted by Crippen LogP contribution is 2.44. The molecule has 1 aromatic heterocycles. The van der Waals surface area contributed by atoms with E-state index in [0.717, 1.165) is 55.3 Å². The molecule has 0 bridgehead atoms. The molecule has 10 aromatic rings. The second-order valence-corrected chi connectivity index (χ2v) is 14.2. The number of hydrogen-bond acceptors (Lipinski definition) is 2. The summed E-state index contributed by atoms with van der Waals surface area (Å²) in [7, 11) is 0. The van der Waals surface area contributed by atoms with E-state index in [9.17, 15) is 10.5 Å². The molecule has 10 rings (SSSR count). The topological polar surface area (TPSA) is 56.9 Å². The average Bonchev–Trinajstić information content (AvgIpc) is 3.60. The van der Waals surface area contributed by atoms with E-state index in [0.29, 0.717) is 16.8 Å². The van der Waals surface area contributed by atoms with Gasteiger partial charge in [0.1, 0.15) is 6.07 Å². The zero-order valence-corrected chi connectivity index (χ0v) is 30.6. The molecule has 9 aromatic carbocycles. The number of benzene rings is 9. The Hall–Kier alpha value is -8.23.